The molecule has 5 heteroatoms. The van der Waals surface area contributed by atoms with E-state index < -0.39 is 0 Å². The smallest absolute Gasteiger partial charge is 0.147 e. The Balaban J connectivity index is 2.03. The van der Waals surface area contributed by atoms with Crippen LogP contribution in [0.25, 0.3) is 5.65 Å². The van der Waals surface area contributed by atoms with Crippen LogP contribution in [0.5, 0.6) is 5.75 Å². The Morgan fingerprint density at radius 2 is 2.14 bits per heavy atom. The monoisotopic (exact) mass is 289 g/mol. The van der Waals surface area contributed by atoms with Crippen LogP contribution in [0.4, 0.5) is 5.69 Å². The lowest BCUT2D eigenvalue weighted by atomic mass is 9.80. The minimum absolute atomic E-state index is 0.107. The van der Waals surface area contributed by atoms with E-state index in [9.17, 15) is 0 Å². The number of imidazole rings is 1. The maximum absolute atomic E-state index is 5.68. The number of hydrogen-bond acceptors (Lipinski definition) is 4. The van der Waals surface area contributed by atoms with Gasteiger partial charge in [-0.3, -0.25) is 0 Å². The molecule has 0 amide bonds. The van der Waals surface area contributed by atoms with E-state index in [0.29, 0.717) is 6.61 Å². The van der Waals surface area contributed by atoms with Gasteiger partial charge in [0.05, 0.1) is 18.0 Å². The number of nitrogens with zero attached hydrogens (tertiary/aromatic N) is 2. The summed E-state index contributed by atoms with van der Waals surface area (Å²) in [6, 6.07) is 2.00. The second-order valence-corrected chi connectivity index (χ2v) is 5.80. The molecular formula is C16H23N3O2. The standard InChI is InChI=1S/C16H23N3O2/c1-4-21-13-9-15-18-14(11-19(15)10-12(13)17-3)16(2)5-7-20-8-6-16/h9-11,17H,4-8H2,1-3H3. The quantitative estimate of drug-likeness (QED) is 0.940. The molecule has 0 unspecified atom stereocenters. The van der Waals surface area contributed by atoms with Crippen LogP contribution >= 0.6 is 0 Å². The molecule has 1 aliphatic heterocycles. The summed E-state index contributed by atoms with van der Waals surface area (Å²) in [6.07, 6.45) is 6.22. The van der Waals surface area contributed by atoms with Crippen molar-refractivity contribution in [2.45, 2.75) is 32.1 Å². The first-order valence-corrected chi connectivity index (χ1v) is 7.58. The van der Waals surface area contributed by atoms with Gasteiger partial charge < -0.3 is 19.2 Å². The molecule has 114 valence electrons. The maximum atomic E-state index is 5.68. The Morgan fingerprint density at radius 1 is 1.38 bits per heavy atom. The third kappa shape index (κ3) is 2.58. The Labute approximate surface area is 125 Å². The maximum Gasteiger partial charge on any atom is 0.147 e. The Bertz CT molecular complexity index is 630. The number of ether oxygens (including phenoxy) is 2. The molecule has 3 heterocycles. The molecule has 0 aliphatic carbocycles. The normalized spacial score (nSPS) is 17.9. The average molecular weight is 289 g/mol. The highest BCUT2D eigenvalue weighted by Crippen LogP contribution is 2.35. The van der Waals surface area contributed by atoms with Gasteiger partial charge in [-0.1, -0.05) is 6.92 Å². The van der Waals surface area contributed by atoms with Gasteiger partial charge in [0, 0.05) is 44.1 Å². The Kier molecular flexibility index (Phi) is 3.76. The van der Waals surface area contributed by atoms with Gasteiger partial charge in [-0.2, -0.15) is 0 Å². The highest BCUT2D eigenvalue weighted by Gasteiger charge is 2.31. The van der Waals surface area contributed by atoms with Crippen LogP contribution in [0.3, 0.4) is 0 Å². The molecule has 0 spiro atoms. The fourth-order valence-electron chi connectivity index (χ4n) is 2.85. The molecule has 0 saturated carbocycles. The Morgan fingerprint density at radius 3 is 2.81 bits per heavy atom. The SMILES string of the molecule is CCOc1cc2nc(C3(C)CCOCC3)cn2cc1NC. The molecular weight excluding hydrogens is 266 g/mol. The number of nitrogens with one attached hydrogen (secondary N) is 1. The molecule has 1 aliphatic rings. The van der Waals surface area contributed by atoms with Crippen LogP contribution in [0.15, 0.2) is 18.5 Å². The fraction of sp³-hybridized carbons (Fsp3) is 0.562. The van der Waals surface area contributed by atoms with Crippen LogP contribution in [-0.4, -0.2) is 36.3 Å². The predicted octanol–water partition coefficient (Wildman–Crippen LogP) is 2.84. The zero-order valence-corrected chi connectivity index (χ0v) is 13.0. The molecule has 21 heavy (non-hydrogen) atoms. The van der Waals surface area contributed by atoms with Gasteiger partial charge in [0.15, 0.2) is 0 Å². The minimum Gasteiger partial charge on any atom is -0.492 e. The van der Waals surface area contributed by atoms with Crippen molar-refractivity contribution < 1.29 is 9.47 Å². The lowest BCUT2D eigenvalue weighted by Crippen LogP contribution is -2.30. The number of anilines is 1. The highest BCUT2D eigenvalue weighted by atomic mass is 16.5. The lowest BCUT2D eigenvalue weighted by molar-refractivity contribution is 0.0552. The molecule has 0 atom stereocenters. The van der Waals surface area contributed by atoms with E-state index in [4.69, 9.17) is 14.5 Å². The molecule has 2 aromatic heterocycles. The van der Waals surface area contributed by atoms with Crippen LogP contribution in [0, 0.1) is 0 Å². The second kappa shape index (κ2) is 5.56. The topological polar surface area (TPSA) is 47.8 Å². The van der Waals surface area contributed by atoms with E-state index in [0.717, 1.165) is 48.8 Å². The number of rotatable bonds is 4. The van der Waals surface area contributed by atoms with E-state index in [-0.39, 0.29) is 5.41 Å². The molecule has 5 nitrogen and oxygen atoms in total. The van der Waals surface area contributed by atoms with Crippen molar-refractivity contribution in [1.82, 2.24) is 9.38 Å². The van der Waals surface area contributed by atoms with Gasteiger partial charge in [-0.15, -0.1) is 0 Å². The summed E-state index contributed by atoms with van der Waals surface area (Å²) in [5, 5.41) is 3.18. The van der Waals surface area contributed by atoms with Crippen molar-refractivity contribution in [1.29, 1.82) is 0 Å². The van der Waals surface area contributed by atoms with Gasteiger partial charge >= 0.3 is 0 Å². The van der Waals surface area contributed by atoms with Crippen molar-refractivity contribution in [3.63, 3.8) is 0 Å². The predicted molar refractivity (Wildman–Crippen MR) is 83.3 cm³/mol. The third-order valence-corrected chi connectivity index (χ3v) is 4.34. The Hall–Kier alpha value is -1.75. The molecule has 1 N–H and O–H groups in total. The van der Waals surface area contributed by atoms with Crippen molar-refractivity contribution in [3.05, 3.63) is 24.2 Å². The zero-order chi connectivity index (χ0) is 14.9. The largest absolute Gasteiger partial charge is 0.492 e. The molecule has 0 radical (unpaired) electrons. The minimum atomic E-state index is 0.107. The van der Waals surface area contributed by atoms with Crippen LogP contribution in [0.2, 0.25) is 0 Å². The number of hydrogen-bond donors (Lipinski definition) is 1. The number of fused-ring (bicyclic) bond motifs is 1. The number of aromatic nitrogens is 2. The van der Waals surface area contributed by atoms with Gasteiger partial charge in [-0.05, 0) is 19.8 Å². The van der Waals surface area contributed by atoms with Crippen LogP contribution in [-0.2, 0) is 10.2 Å². The van der Waals surface area contributed by atoms with Crippen LogP contribution < -0.4 is 10.1 Å². The molecule has 1 saturated heterocycles. The van der Waals surface area contributed by atoms with Gasteiger partial charge in [-0.25, -0.2) is 4.98 Å². The lowest BCUT2D eigenvalue weighted by Gasteiger charge is -2.31. The summed E-state index contributed by atoms with van der Waals surface area (Å²) in [6.45, 7) is 6.55. The first-order valence-electron chi connectivity index (χ1n) is 7.58. The molecule has 0 bridgehead atoms. The van der Waals surface area contributed by atoms with E-state index >= 15 is 0 Å². The molecule has 3 rings (SSSR count). The van der Waals surface area contributed by atoms with E-state index in [1.165, 1.54) is 0 Å². The summed E-state index contributed by atoms with van der Waals surface area (Å²) in [5.41, 5.74) is 3.16. The first kappa shape index (κ1) is 14.2. The van der Waals surface area contributed by atoms with Gasteiger partial charge in [0.1, 0.15) is 11.4 Å². The van der Waals surface area contributed by atoms with Crippen molar-refractivity contribution in [3.8, 4) is 5.75 Å². The summed E-state index contributed by atoms with van der Waals surface area (Å²) in [7, 11) is 1.90. The van der Waals surface area contributed by atoms with E-state index in [2.05, 4.69) is 22.8 Å². The van der Waals surface area contributed by atoms with Crippen molar-refractivity contribution in [2.24, 2.45) is 0 Å². The van der Waals surface area contributed by atoms with Crippen molar-refractivity contribution >= 4 is 11.3 Å². The van der Waals surface area contributed by atoms with E-state index in [1.807, 2.05) is 26.2 Å². The summed E-state index contributed by atoms with van der Waals surface area (Å²) in [4.78, 5) is 4.83. The van der Waals surface area contributed by atoms with Gasteiger partial charge in [0.25, 0.3) is 0 Å². The summed E-state index contributed by atoms with van der Waals surface area (Å²) in [5.74, 6) is 0.849. The van der Waals surface area contributed by atoms with Gasteiger partial charge in [0.2, 0.25) is 0 Å². The zero-order valence-electron chi connectivity index (χ0n) is 13.0. The highest BCUT2D eigenvalue weighted by molar-refractivity contribution is 5.62. The second-order valence-electron chi connectivity index (χ2n) is 5.80. The number of pyridine rings is 1. The third-order valence-electron chi connectivity index (χ3n) is 4.34. The molecule has 2 aromatic rings. The molecule has 0 aromatic carbocycles. The van der Waals surface area contributed by atoms with Crippen molar-refractivity contribution in [2.75, 3.05) is 32.2 Å². The summed E-state index contributed by atoms with van der Waals surface area (Å²) >= 11 is 0. The first-order chi connectivity index (χ1) is 10.2. The fourth-order valence-corrected chi connectivity index (χ4v) is 2.85. The van der Waals surface area contributed by atoms with E-state index in [1.54, 1.807) is 0 Å². The summed E-state index contributed by atoms with van der Waals surface area (Å²) < 4.78 is 13.2. The average Bonchev–Trinajstić information content (AvgIpc) is 2.91. The van der Waals surface area contributed by atoms with Crippen LogP contribution in [0.1, 0.15) is 32.4 Å². The molecule has 1 fully saturated rings.